The number of hydrogen-bond acceptors (Lipinski definition) is 4. The number of rotatable bonds is 5. The lowest BCUT2D eigenvalue weighted by Gasteiger charge is -2.19. The highest BCUT2D eigenvalue weighted by Crippen LogP contribution is 2.26. The van der Waals surface area contributed by atoms with Crippen LogP contribution in [0.2, 0.25) is 0 Å². The highest BCUT2D eigenvalue weighted by Gasteiger charge is 2.17. The van der Waals surface area contributed by atoms with E-state index < -0.39 is 0 Å². The predicted molar refractivity (Wildman–Crippen MR) is 114 cm³/mol. The van der Waals surface area contributed by atoms with Crippen LogP contribution in [-0.2, 0) is 6.54 Å². The monoisotopic (exact) mass is 383 g/mol. The average Bonchev–Trinajstić information content (AvgIpc) is 2.79. The molecule has 4 aromatic rings. The molecule has 0 saturated heterocycles. The van der Waals surface area contributed by atoms with Crippen LogP contribution >= 0.6 is 0 Å². The number of methoxy groups -OCH3 is 1. The minimum Gasteiger partial charge on any atom is -0.497 e. The van der Waals surface area contributed by atoms with E-state index in [2.05, 4.69) is 4.98 Å². The van der Waals surface area contributed by atoms with Crippen LogP contribution in [0.4, 0.5) is 0 Å². The summed E-state index contributed by atoms with van der Waals surface area (Å²) in [4.78, 5) is 23.9. The summed E-state index contributed by atoms with van der Waals surface area (Å²) in [5.41, 5.74) is 4.15. The lowest BCUT2D eigenvalue weighted by Crippen LogP contribution is -2.26. The predicted octanol–water partition coefficient (Wildman–Crippen LogP) is 4.58. The number of carbonyl (C=O) groups excluding carboxylic acids is 1. The fourth-order valence-corrected chi connectivity index (χ4v) is 3.31. The van der Waals surface area contributed by atoms with E-state index in [1.54, 1.807) is 24.4 Å². The normalized spacial score (nSPS) is 10.7. The molecule has 1 amide bonds. The van der Waals surface area contributed by atoms with Crippen LogP contribution in [0, 0.1) is 0 Å². The van der Waals surface area contributed by atoms with Crippen molar-refractivity contribution in [3.63, 3.8) is 0 Å². The largest absolute Gasteiger partial charge is 0.497 e. The molecule has 0 N–H and O–H groups in total. The first-order valence-corrected chi connectivity index (χ1v) is 9.34. The van der Waals surface area contributed by atoms with E-state index >= 15 is 0 Å². The van der Waals surface area contributed by atoms with Crippen LogP contribution < -0.4 is 4.74 Å². The highest BCUT2D eigenvalue weighted by molar-refractivity contribution is 6.07. The van der Waals surface area contributed by atoms with Crippen molar-refractivity contribution in [2.24, 2.45) is 0 Å². The molecule has 144 valence electrons. The van der Waals surface area contributed by atoms with E-state index in [0.29, 0.717) is 12.1 Å². The molecule has 0 aliphatic carbocycles. The molecule has 0 fully saturated rings. The van der Waals surface area contributed by atoms with E-state index in [9.17, 15) is 4.79 Å². The first-order valence-electron chi connectivity index (χ1n) is 9.34. The van der Waals surface area contributed by atoms with Gasteiger partial charge in [0.2, 0.25) is 0 Å². The van der Waals surface area contributed by atoms with Gasteiger partial charge in [-0.25, -0.2) is 4.98 Å². The molecule has 0 spiro atoms. The second-order valence-corrected chi connectivity index (χ2v) is 6.82. The maximum atomic E-state index is 13.3. The molecule has 29 heavy (non-hydrogen) atoms. The molecule has 5 nitrogen and oxygen atoms in total. The van der Waals surface area contributed by atoms with Gasteiger partial charge in [0.15, 0.2) is 0 Å². The van der Waals surface area contributed by atoms with Gasteiger partial charge in [-0.1, -0.05) is 30.3 Å². The molecule has 2 aromatic heterocycles. The quantitative estimate of drug-likeness (QED) is 0.506. The zero-order chi connectivity index (χ0) is 20.2. The molecular weight excluding hydrogens is 362 g/mol. The van der Waals surface area contributed by atoms with Gasteiger partial charge in [0.25, 0.3) is 5.91 Å². The molecule has 0 radical (unpaired) electrons. The Kier molecular flexibility index (Phi) is 5.20. The van der Waals surface area contributed by atoms with E-state index in [1.165, 1.54) is 0 Å². The summed E-state index contributed by atoms with van der Waals surface area (Å²) < 4.78 is 5.20. The van der Waals surface area contributed by atoms with Crippen molar-refractivity contribution in [1.29, 1.82) is 0 Å². The Hall–Kier alpha value is -3.73. The lowest BCUT2D eigenvalue weighted by atomic mass is 10.0. The molecule has 5 heteroatoms. The van der Waals surface area contributed by atoms with Crippen molar-refractivity contribution in [3.05, 3.63) is 90.3 Å². The topological polar surface area (TPSA) is 55.3 Å². The van der Waals surface area contributed by atoms with Gasteiger partial charge in [0.1, 0.15) is 5.75 Å². The molecular formula is C24H21N3O2. The van der Waals surface area contributed by atoms with Crippen molar-refractivity contribution in [3.8, 4) is 17.0 Å². The van der Waals surface area contributed by atoms with Crippen molar-refractivity contribution in [1.82, 2.24) is 14.9 Å². The van der Waals surface area contributed by atoms with Gasteiger partial charge in [-0.05, 0) is 42.0 Å². The number of ether oxygens (including phenoxy) is 1. The summed E-state index contributed by atoms with van der Waals surface area (Å²) in [6.45, 7) is 0.504. The summed E-state index contributed by atoms with van der Waals surface area (Å²) in [6, 6.07) is 21.1. The van der Waals surface area contributed by atoms with Crippen molar-refractivity contribution < 1.29 is 9.53 Å². The third kappa shape index (κ3) is 3.94. The second kappa shape index (κ2) is 8.10. The number of amides is 1. The van der Waals surface area contributed by atoms with Gasteiger partial charge in [0, 0.05) is 36.9 Å². The van der Waals surface area contributed by atoms with Crippen molar-refractivity contribution in [2.45, 2.75) is 6.54 Å². The van der Waals surface area contributed by atoms with E-state index in [-0.39, 0.29) is 5.91 Å². The summed E-state index contributed by atoms with van der Waals surface area (Å²) in [5, 5.41) is 0.844. The maximum Gasteiger partial charge on any atom is 0.254 e. The molecule has 0 bridgehead atoms. The minimum absolute atomic E-state index is 0.0466. The Morgan fingerprint density at radius 1 is 1.00 bits per heavy atom. The number of nitrogens with zero attached hydrogens (tertiary/aromatic N) is 3. The lowest BCUT2D eigenvalue weighted by molar-refractivity contribution is 0.0787. The number of benzene rings is 2. The van der Waals surface area contributed by atoms with Gasteiger partial charge < -0.3 is 9.64 Å². The van der Waals surface area contributed by atoms with Crippen LogP contribution in [0.5, 0.6) is 5.75 Å². The van der Waals surface area contributed by atoms with E-state index in [4.69, 9.17) is 9.72 Å². The fraction of sp³-hybridized carbons (Fsp3) is 0.125. The van der Waals surface area contributed by atoms with Gasteiger partial charge in [-0.15, -0.1) is 0 Å². The summed E-state index contributed by atoms with van der Waals surface area (Å²) in [7, 11) is 3.45. The van der Waals surface area contributed by atoms with Gasteiger partial charge in [-0.3, -0.25) is 9.78 Å². The van der Waals surface area contributed by atoms with Gasteiger partial charge in [0.05, 0.1) is 23.9 Å². The zero-order valence-electron chi connectivity index (χ0n) is 16.4. The van der Waals surface area contributed by atoms with Crippen molar-refractivity contribution >= 4 is 16.8 Å². The summed E-state index contributed by atoms with van der Waals surface area (Å²) in [5.74, 6) is 0.750. The standard InChI is InChI=1S/C24H21N3O2/c1-27(16-17-7-9-19(29-2)10-8-17)24(28)21-15-23(18-11-13-25-14-12-18)26-22-6-4-3-5-20(21)22/h3-15H,16H2,1-2H3. The summed E-state index contributed by atoms with van der Waals surface area (Å²) >= 11 is 0. The minimum atomic E-state index is -0.0466. The Morgan fingerprint density at radius 3 is 2.45 bits per heavy atom. The molecule has 4 rings (SSSR count). The van der Waals surface area contributed by atoms with Crippen LogP contribution in [0.25, 0.3) is 22.2 Å². The molecule has 2 heterocycles. The number of para-hydroxylation sites is 1. The first kappa shape index (κ1) is 18.6. The Morgan fingerprint density at radius 2 is 1.72 bits per heavy atom. The van der Waals surface area contributed by atoms with Crippen LogP contribution in [0.3, 0.4) is 0 Å². The number of aromatic nitrogens is 2. The van der Waals surface area contributed by atoms with E-state index in [0.717, 1.165) is 33.5 Å². The number of fused-ring (bicyclic) bond motifs is 1. The van der Waals surface area contributed by atoms with Crippen LogP contribution in [0.1, 0.15) is 15.9 Å². The first-order chi connectivity index (χ1) is 14.2. The van der Waals surface area contributed by atoms with Crippen LogP contribution in [-0.4, -0.2) is 34.9 Å². The third-order valence-corrected chi connectivity index (χ3v) is 4.85. The third-order valence-electron chi connectivity index (χ3n) is 4.85. The number of carbonyl (C=O) groups is 1. The van der Waals surface area contributed by atoms with E-state index in [1.807, 2.05) is 73.8 Å². The summed E-state index contributed by atoms with van der Waals surface area (Å²) in [6.07, 6.45) is 3.45. The Labute approximate surface area is 169 Å². The highest BCUT2D eigenvalue weighted by atomic mass is 16.5. The molecule has 0 unspecified atom stereocenters. The van der Waals surface area contributed by atoms with Crippen molar-refractivity contribution in [2.75, 3.05) is 14.2 Å². The Bertz CT molecular complexity index is 1140. The molecule has 0 atom stereocenters. The molecule has 0 saturated carbocycles. The number of hydrogen-bond donors (Lipinski definition) is 0. The zero-order valence-corrected chi connectivity index (χ0v) is 16.4. The van der Waals surface area contributed by atoms with Gasteiger partial charge >= 0.3 is 0 Å². The molecule has 0 aliphatic heterocycles. The second-order valence-electron chi connectivity index (χ2n) is 6.82. The number of pyridine rings is 2. The SMILES string of the molecule is COc1ccc(CN(C)C(=O)c2cc(-c3ccncc3)nc3ccccc23)cc1. The fourth-order valence-electron chi connectivity index (χ4n) is 3.31. The molecule has 0 aliphatic rings. The molecule has 2 aromatic carbocycles. The average molecular weight is 383 g/mol. The van der Waals surface area contributed by atoms with Crippen LogP contribution in [0.15, 0.2) is 79.1 Å². The van der Waals surface area contributed by atoms with Gasteiger partial charge in [-0.2, -0.15) is 0 Å². The maximum absolute atomic E-state index is 13.3. The Balaban J connectivity index is 1.70. The smallest absolute Gasteiger partial charge is 0.254 e.